The van der Waals surface area contributed by atoms with Crippen LogP contribution in [0.2, 0.25) is 0 Å². The van der Waals surface area contributed by atoms with Crippen molar-refractivity contribution in [2.45, 2.75) is 33.9 Å². The van der Waals surface area contributed by atoms with Crippen molar-refractivity contribution < 1.29 is 4.39 Å². The maximum atomic E-state index is 13.7. The van der Waals surface area contributed by atoms with Crippen molar-refractivity contribution in [2.75, 3.05) is 5.32 Å². The Bertz CT molecular complexity index is 555. The van der Waals surface area contributed by atoms with E-state index in [1.807, 2.05) is 24.7 Å². The molecule has 0 amide bonds. The molecule has 0 aliphatic carbocycles. The molecule has 0 spiro atoms. The van der Waals surface area contributed by atoms with Crippen LogP contribution in [0.4, 0.5) is 10.2 Å². The molecule has 0 aromatic carbocycles. The van der Waals surface area contributed by atoms with Crippen molar-refractivity contribution in [2.24, 2.45) is 7.05 Å². The van der Waals surface area contributed by atoms with Crippen molar-refractivity contribution in [1.29, 1.82) is 0 Å². The van der Waals surface area contributed by atoms with Gasteiger partial charge in [0.1, 0.15) is 0 Å². The summed E-state index contributed by atoms with van der Waals surface area (Å²) < 4.78 is 16.8. The largest absolute Gasteiger partial charge is 0.364 e. The average Bonchev–Trinajstić information content (AvgIpc) is 2.80. The maximum absolute atomic E-state index is 13.7. The van der Waals surface area contributed by atoms with Crippen molar-refractivity contribution >= 4 is 5.82 Å². The molecule has 0 aliphatic heterocycles. The molecule has 0 bridgehead atoms. The van der Waals surface area contributed by atoms with Gasteiger partial charge >= 0.3 is 0 Å². The number of nitrogens with zero attached hydrogens (tertiary/aromatic N) is 4. The van der Waals surface area contributed by atoms with Gasteiger partial charge in [0.05, 0.1) is 5.69 Å². The molecule has 2 rings (SSSR count). The number of halogens is 1. The van der Waals surface area contributed by atoms with Gasteiger partial charge in [-0.25, -0.2) is 4.68 Å². The van der Waals surface area contributed by atoms with E-state index in [0.717, 1.165) is 17.9 Å². The second kappa shape index (κ2) is 4.80. The Morgan fingerprint density at radius 2 is 2.06 bits per heavy atom. The van der Waals surface area contributed by atoms with Gasteiger partial charge in [0, 0.05) is 37.5 Å². The molecule has 98 valence electrons. The second-order valence-corrected chi connectivity index (χ2v) is 4.35. The molecule has 0 saturated heterocycles. The Kier molecular flexibility index (Phi) is 3.36. The van der Waals surface area contributed by atoms with E-state index in [4.69, 9.17) is 0 Å². The number of aromatic nitrogens is 4. The minimum absolute atomic E-state index is 0.299. The van der Waals surface area contributed by atoms with Crippen LogP contribution in [-0.4, -0.2) is 19.6 Å². The number of hydrogen-bond donors (Lipinski definition) is 1. The smallest absolute Gasteiger partial charge is 0.216 e. The summed E-state index contributed by atoms with van der Waals surface area (Å²) in [5, 5.41) is 11.6. The van der Waals surface area contributed by atoms with Crippen LogP contribution < -0.4 is 5.32 Å². The van der Waals surface area contributed by atoms with Gasteiger partial charge in [0.15, 0.2) is 5.82 Å². The van der Waals surface area contributed by atoms with E-state index in [9.17, 15) is 4.39 Å². The van der Waals surface area contributed by atoms with E-state index >= 15 is 0 Å². The minimum Gasteiger partial charge on any atom is -0.364 e. The lowest BCUT2D eigenvalue weighted by molar-refractivity contribution is 0.496. The Morgan fingerprint density at radius 1 is 1.33 bits per heavy atom. The van der Waals surface area contributed by atoms with Crippen LogP contribution in [0, 0.1) is 19.8 Å². The standard InChI is InChI=1S/C12H18FN5/c1-5-18-7-8(2)12(16-18)14-6-10-9(3)15-17(4)11(10)13/h7H,5-6H2,1-4H3,(H,14,16). The summed E-state index contributed by atoms with van der Waals surface area (Å²) in [7, 11) is 1.60. The molecule has 6 heteroatoms. The predicted molar refractivity (Wildman–Crippen MR) is 67.9 cm³/mol. The summed E-state index contributed by atoms with van der Waals surface area (Å²) in [5.74, 6) is 0.493. The van der Waals surface area contributed by atoms with Gasteiger partial charge < -0.3 is 5.32 Å². The predicted octanol–water partition coefficient (Wildman–Crippen LogP) is 2.00. The lowest BCUT2D eigenvalue weighted by Gasteiger charge is -2.03. The van der Waals surface area contributed by atoms with E-state index in [0.29, 0.717) is 17.8 Å². The van der Waals surface area contributed by atoms with E-state index in [1.165, 1.54) is 4.68 Å². The van der Waals surface area contributed by atoms with Crippen LogP contribution >= 0.6 is 0 Å². The Labute approximate surface area is 106 Å². The topological polar surface area (TPSA) is 47.7 Å². The van der Waals surface area contributed by atoms with E-state index < -0.39 is 0 Å². The number of nitrogens with one attached hydrogen (secondary N) is 1. The zero-order valence-electron chi connectivity index (χ0n) is 11.2. The molecule has 2 heterocycles. The average molecular weight is 251 g/mol. The molecule has 2 aromatic rings. The summed E-state index contributed by atoms with van der Waals surface area (Å²) in [6, 6.07) is 0. The summed E-state index contributed by atoms with van der Waals surface area (Å²) in [6.07, 6.45) is 1.97. The fourth-order valence-electron chi connectivity index (χ4n) is 1.90. The highest BCUT2D eigenvalue weighted by atomic mass is 19.1. The Balaban J connectivity index is 2.13. The number of hydrogen-bond acceptors (Lipinski definition) is 3. The van der Waals surface area contributed by atoms with Crippen molar-refractivity contribution in [3.05, 3.63) is 29.0 Å². The number of aryl methyl sites for hydroxylation is 4. The van der Waals surface area contributed by atoms with Gasteiger partial charge in [-0.2, -0.15) is 14.6 Å². The van der Waals surface area contributed by atoms with Crippen molar-refractivity contribution in [1.82, 2.24) is 19.6 Å². The van der Waals surface area contributed by atoms with Gasteiger partial charge in [-0.3, -0.25) is 4.68 Å². The fourth-order valence-corrected chi connectivity index (χ4v) is 1.90. The molecule has 0 atom stereocenters. The first-order valence-corrected chi connectivity index (χ1v) is 5.98. The third-order valence-corrected chi connectivity index (χ3v) is 2.97. The van der Waals surface area contributed by atoms with Crippen LogP contribution in [-0.2, 0) is 20.1 Å². The molecule has 2 aromatic heterocycles. The SMILES string of the molecule is CCn1cc(C)c(NCc2c(C)nn(C)c2F)n1. The molecular weight excluding hydrogens is 233 g/mol. The molecule has 0 unspecified atom stereocenters. The zero-order chi connectivity index (χ0) is 13.3. The Hall–Kier alpha value is -1.85. The maximum Gasteiger partial charge on any atom is 0.216 e. The third kappa shape index (κ3) is 2.23. The van der Waals surface area contributed by atoms with Crippen molar-refractivity contribution in [3.63, 3.8) is 0 Å². The van der Waals surface area contributed by atoms with Gasteiger partial charge in [0.2, 0.25) is 5.95 Å². The van der Waals surface area contributed by atoms with E-state index in [1.54, 1.807) is 14.0 Å². The molecule has 0 radical (unpaired) electrons. The molecule has 0 fully saturated rings. The van der Waals surface area contributed by atoms with Crippen molar-refractivity contribution in [3.8, 4) is 0 Å². The third-order valence-electron chi connectivity index (χ3n) is 2.97. The summed E-state index contributed by atoms with van der Waals surface area (Å²) in [5.41, 5.74) is 2.34. The highest BCUT2D eigenvalue weighted by Crippen LogP contribution is 2.16. The Morgan fingerprint density at radius 3 is 2.56 bits per heavy atom. The second-order valence-electron chi connectivity index (χ2n) is 4.35. The van der Waals surface area contributed by atoms with Crippen LogP contribution in [0.15, 0.2) is 6.20 Å². The molecule has 1 N–H and O–H groups in total. The van der Waals surface area contributed by atoms with Gasteiger partial charge in [-0.15, -0.1) is 0 Å². The lowest BCUT2D eigenvalue weighted by atomic mass is 10.2. The summed E-state index contributed by atoms with van der Waals surface area (Å²) in [4.78, 5) is 0. The monoisotopic (exact) mass is 251 g/mol. The minimum atomic E-state index is -0.299. The number of rotatable bonds is 4. The van der Waals surface area contributed by atoms with Gasteiger partial charge in [0.25, 0.3) is 0 Å². The number of anilines is 1. The van der Waals surface area contributed by atoms with E-state index in [2.05, 4.69) is 15.5 Å². The fraction of sp³-hybridized carbons (Fsp3) is 0.500. The molecule has 18 heavy (non-hydrogen) atoms. The first-order chi connectivity index (χ1) is 8.52. The van der Waals surface area contributed by atoms with Crippen LogP contribution in [0.5, 0.6) is 0 Å². The molecule has 0 aliphatic rings. The molecular formula is C12H18FN5. The highest BCUT2D eigenvalue weighted by molar-refractivity contribution is 5.42. The molecule has 5 nitrogen and oxygen atoms in total. The normalized spacial score (nSPS) is 10.9. The summed E-state index contributed by atoms with van der Waals surface area (Å²) in [6.45, 7) is 7.03. The highest BCUT2D eigenvalue weighted by Gasteiger charge is 2.13. The first kappa shape index (κ1) is 12.6. The van der Waals surface area contributed by atoms with Crippen LogP contribution in [0.25, 0.3) is 0 Å². The van der Waals surface area contributed by atoms with Gasteiger partial charge in [-0.1, -0.05) is 0 Å². The first-order valence-electron chi connectivity index (χ1n) is 5.98. The zero-order valence-corrected chi connectivity index (χ0v) is 11.2. The van der Waals surface area contributed by atoms with Crippen LogP contribution in [0.1, 0.15) is 23.7 Å². The lowest BCUT2D eigenvalue weighted by Crippen LogP contribution is -2.05. The van der Waals surface area contributed by atoms with E-state index in [-0.39, 0.29) is 5.95 Å². The van der Waals surface area contributed by atoms with Crippen LogP contribution in [0.3, 0.4) is 0 Å². The van der Waals surface area contributed by atoms with Gasteiger partial charge in [-0.05, 0) is 20.8 Å². The quantitative estimate of drug-likeness (QED) is 0.904. The summed E-state index contributed by atoms with van der Waals surface area (Å²) >= 11 is 0. The molecule has 0 saturated carbocycles.